The van der Waals surface area contributed by atoms with Crippen LogP contribution in [0.5, 0.6) is 5.75 Å². The highest BCUT2D eigenvalue weighted by Crippen LogP contribution is 2.51. The molecule has 0 saturated carbocycles. The Labute approximate surface area is 231 Å². The standard InChI is InChI=1S/C36H34N2O/c1-25-22-26(2)34(27(3)23-25)38-24-37(32-20-12-10-18-30(32)31-19-11-13-21-33(31)39)35(28-14-6-4-7-15-28)36(38)29-16-8-5-9-17-29/h4-23,35-36,39H,24H2,1-3H3/t35-,36-/m1/s1. The Kier molecular flexibility index (Phi) is 6.58. The molecule has 0 bridgehead atoms. The first-order valence-electron chi connectivity index (χ1n) is 13.6. The van der Waals surface area contributed by atoms with Gasteiger partial charge in [-0.2, -0.15) is 0 Å². The molecule has 0 aliphatic carbocycles. The Hall–Kier alpha value is -4.50. The van der Waals surface area contributed by atoms with E-state index in [9.17, 15) is 5.11 Å². The molecule has 2 atom stereocenters. The molecule has 0 amide bonds. The molecule has 5 aromatic carbocycles. The van der Waals surface area contributed by atoms with Crippen molar-refractivity contribution in [3.8, 4) is 16.9 Å². The van der Waals surface area contributed by atoms with Crippen LogP contribution in [0.25, 0.3) is 11.1 Å². The molecule has 1 aliphatic heterocycles. The Bertz CT molecular complexity index is 1570. The summed E-state index contributed by atoms with van der Waals surface area (Å²) in [5, 5.41) is 10.8. The van der Waals surface area contributed by atoms with Crippen molar-refractivity contribution >= 4 is 11.4 Å². The molecule has 1 N–H and O–H groups in total. The number of rotatable bonds is 5. The van der Waals surface area contributed by atoms with Gasteiger partial charge in [0, 0.05) is 22.5 Å². The summed E-state index contributed by atoms with van der Waals surface area (Å²) in [6, 6.07) is 42.6. The van der Waals surface area contributed by atoms with Gasteiger partial charge >= 0.3 is 0 Å². The van der Waals surface area contributed by atoms with E-state index in [1.807, 2.05) is 18.2 Å². The normalized spacial score (nSPS) is 17.0. The molecule has 5 aromatic rings. The second-order valence-corrected chi connectivity index (χ2v) is 10.6. The van der Waals surface area contributed by atoms with E-state index >= 15 is 0 Å². The lowest BCUT2D eigenvalue weighted by Crippen LogP contribution is -2.27. The molecule has 0 aromatic heterocycles. The third-order valence-electron chi connectivity index (χ3n) is 7.89. The van der Waals surface area contributed by atoms with Crippen LogP contribution in [0.15, 0.2) is 121 Å². The molecule has 3 heteroatoms. The van der Waals surface area contributed by atoms with Crippen LogP contribution in [0.1, 0.15) is 39.9 Å². The average Bonchev–Trinajstić information content (AvgIpc) is 3.33. The quantitative estimate of drug-likeness (QED) is 0.256. The maximum atomic E-state index is 10.8. The van der Waals surface area contributed by atoms with E-state index in [2.05, 4.69) is 128 Å². The number of para-hydroxylation sites is 2. The van der Waals surface area contributed by atoms with Crippen LogP contribution in [0.4, 0.5) is 11.4 Å². The van der Waals surface area contributed by atoms with Gasteiger partial charge in [0.2, 0.25) is 0 Å². The zero-order chi connectivity index (χ0) is 26.9. The largest absolute Gasteiger partial charge is 0.507 e. The number of anilines is 2. The molecule has 3 nitrogen and oxygen atoms in total. The van der Waals surface area contributed by atoms with Gasteiger partial charge in [0.05, 0.1) is 18.8 Å². The highest BCUT2D eigenvalue weighted by atomic mass is 16.3. The van der Waals surface area contributed by atoms with Crippen LogP contribution in [0.3, 0.4) is 0 Å². The first-order chi connectivity index (χ1) is 19.0. The summed E-state index contributed by atoms with van der Waals surface area (Å²) in [6.07, 6.45) is 0. The minimum atomic E-state index is 0.0562. The first-order valence-corrected chi connectivity index (χ1v) is 13.6. The van der Waals surface area contributed by atoms with Gasteiger partial charge in [-0.3, -0.25) is 0 Å². The second-order valence-electron chi connectivity index (χ2n) is 10.6. The highest BCUT2D eigenvalue weighted by molar-refractivity contribution is 5.83. The number of phenols is 1. The molecule has 39 heavy (non-hydrogen) atoms. The number of aromatic hydroxyl groups is 1. The van der Waals surface area contributed by atoms with Crippen molar-refractivity contribution in [1.29, 1.82) is 0 Å². The van der Waals surface area contributed by atoms with Crippen LogP contribution >= 0.6 is 0 Å². The third kappa shape index (κ3) is 4.55. The number of hydrogen-bond acceptors (Lipinski definition) is 3. The molecule has 0 unspecified atom stereocenters. The van der Waals surface area contributed by atoms with E-state index < -0.39 is 0 Å². The van der Waals surface area contributed by atoms with Gasteiger partial charge in [0.1, 0.15) is 5.75 Å². The molecule has 1 heterocycles. The van der Waals surface area contributed by atoms with Crippen molar-refractivity contribution in [3.05, 3.63) is 149 Å². The number of nitrogens with zero attached hydrogens (tertiary/aromatic N) is 2. The topological polar surface area (TPSA) is 26.7 Å². The first kappa shape index (κ1) is 24.8. The second kappa shape index (κ2) is 10.3. The van der Waals surface area contributed by atoms with Gasteiger partial charge in [-0.25, -0.2) is 0 Å². The molecule has 1 saturated heterocycles. The lowest BCUT2D eigenvalue weighted by Gasteiger charge is -2.32. The van der Waals surface area contributed by atoms with E-state index in [0.717, 1.165) is 16.8 Å². The SMILES string of the molecule is Cc1cc(C)c(N2CN(c3ccccc3-c3ccccc3O)[C@H](c3ccccc3)[C@H]2c2ccccc2)c(C)c1. The van der Waals surface area contributed by atoms with Crippen LogP contribution < -0.4 is 9.80 Å². The Balaban J connectivity index is 1.60. The lowest BCUT2D eigenvalue weighted by atomic mass is 9.91. The Morgan fingerprint density at radius 3 is 1.64 bits per heavy atom. The highest BCUT2D eigenvalue weighted by Gasteiger charge is 2.43. The summed E-state index contributed by atoms with van der Waals surface area (Å²) < 4.78 is 0. The fourth-order valence-electron chi connectivity index (χ4n) is 6.42. The maximum absolute atomic E-state index is 10.8. The van der Waals surface area contributed by atoms with Crippen molar-refractivity contribution in [2.24, 2.45) is 0 Å². The number of phenolic OH excluding ortho intramolecular Hbond substituents is 1. The number of benzene rings is 5. The Morgan fingerprint density at radius 2 is 1.05 bits per heavy atom. The van der Waals surface area contributed by atoms with Crippen LogP contribution in [-0.2, 0) is 0 Å². The van der Waals surface area contributed by atoms with Gasteiger partial charge in [0.15, 0.2) is 0 Å². The van der Waals surface area contributed by atoms with Gasteiger partial charge in [-0.1, -0.05) is 115 Å². The van der Waals surface area contributed by atoms with Gasteiger partial charge in [-0.15, -0.1) is 0 Å². The summed E-state index contributed by atoms with van der Waals surface area (Å²) in [6.45, 7) is 7.35. The molecule has 0 radical (unpaired) electrons. The van der Waals surface area contributed by atoms with E-state index in [4.69, 9.17) is 0 Å². The molecular weight excluding hydrogens is 476 g/mol. The summed E-state index contributed by atoms with van der Waals surface area (Å²) in [5.41, 5.74) is 10.7. The monoisotopic (exact) mass is 510 g/mol. The van der Waals surface area contributed by atoms with E-state index in [-0.39, 0.29) is 12.1 Å². The maximum Gasteiger partial charge on any atom is 0.123 e. The summed E-state index contributed by atoms with van der Waals surface area (Å²) in [4.78, 5) is 5.10. The lowest BCUT2D eigenvalue weighted by molar-refractivity contribution is 0.477. The smallest absolute Gasteiger partial charge is 0.123 e. The zero-order valence-electron chi connectivity index (χ0n) is 22.8. The summed E-state index contributed by atoms with van der Waals surface area (Å²) in [5.74, 6) is 0.294. The molecule has 0 spiro atoms. The molecule has 1 fully saturated rings. The van der Waals surface area contributed by atoms with E-state index in [1.165, 1.54) is 33.5 Å². The summed E-state index contributed by atoms with van der Waals surface area (Å²) in [7, 11) is 0. The molecule has 1 aliphatic rings. The van der Waals surface area contributed by atoms with Gasteiger partial charge in [0.25, 0.3) is 0 Å². The van der Waals surface area contributed by atoms with E-state index in [1.54, 1.807) is 6.07 Å². The number of aryl methyl sites for hydroxylation is 3. The molecule has 194 valence electrons. The molecule has 6 rings (SSSR count). The minimum Gasteiger partial charge on any atom is -0.507 e. The van der Waals surface area contributed by atoms with Crippen molar-refractivity contribution in [2.75, 3.05) is 16.5 Å². The van der Waals surface area contributed by atoms with Crippen molar-refractivity contribution in [1.82, 2.24) is 0 Å². The summed E-state index contributed by atoms with van der Waals surface area (Å²) >= 11 is 0. The van der Waals surface area contributed by atoms with Crippen molar-refractivity contribution in [2.45, 2.75) is 32.9 Å². The number of hydrogen-bond donors (Lipinski definition) is 1. The third-order valence-corrected chi connectivity index (χ3v) is 7.89. The van der Waals surface area contributed by atoms with Crippen LogP contribution in [0.2, 0.25) is 0 Å². The van der Waals surface area contributed by atoms with Crippen LogP contribution in [0, 0.1) is 20.8 Å². The van der Waals surface area contributed by atoms with E-state index in [0.29, 0.717) is 12.4 Å². The molecular formula is C36H34N2O. The predicted octanol–water partition coefficient (Wildman–Crippen LogP) is 8.75. The minimum absolute atomic E-state index is 0.0562. The van der Waals surface area contributed by atoms with Crippen LogP contribution in [-0.4, -0.2) is 11.8 Å². The van der Waals surface area contributed by atoms with Crippen molar-refractivity contribution in [3.63, 3.8) is 0 Å². The zero-order valence-corrected chi connectivity index (χ0v) is 22.8. The van der Waals surface area contributed by atoms with Gasteiger partial charge < -0.3 is 14.9 Å². The van der Waals surface area contributed by atoms with Gasteiger partial charge in [-0.05, 0) is 55.2 Å². The van der Waals surface area contributed by atoms with Crippen molar-refractivity contribution < 1.29 is 5.11 Å². The fourth-order valence-corrected chi connectivity index (χ4v) is 6.42. The fraction of sp³-hybridized carbons (Fsp3) is 0.167. The average molecular weight is 511 g/mol. The Morgan fingerprint density at radius 1 is 0.564 bits per heavy atom. The predicted molar refractivity (Wildman–Crippen MR) is 162 cm³/mol.